The maximum absolute atomic E-state index is 11.9. The van der Waals surface area contributed by atoms with Crippen LogP contribution in [-0.2, 0) is 9.53 Å². The molecule has 1 aromatic carbocycles. The van der Waals surface area contributed by atoms with Crippen LogP contribution < -0.4 is 16.4 Å². The van der Waals surface area contributed by atoms with Gasteiger partial charge in [0, 0.05) is 18.5 Å². The van der Waals surface area contributed by atoms with Crippen molar-refractivity contribution in [1.82, 2.24) is 15.2 Å². The number of anilines is 3. The Balaban J connectivity index is 2.04. The fourth-order valence-electron chi connectivity index (χ4n) is 1.57. The summed E-state index contributed by atoms with van der Waals surface area (Å²) in [6.45, 7) is -0.0477. The fourth-order valence-corrected chi connectivity index (χ4v) is 1.57. The molecular weight excluding hydrogens is 276 g/mol. The van der Waals surface area contributed by atoms with Gasteiger partial charge < -0.3 is 21.1 Å². The van der Waals surface area contributed by atoms with E-state index in [2.05, 4.69) is 25.8 Å². The second-order valence-corrected chi connectivity index (χ2v) is 4.06. The third-order valence-corrected chi connectivity index (χ3v) is 2.40. The van der Waals surface area contributed by atoms with Crippen LogP contribution in [0.15, 0.2) is 24.3 Å². The molecule has 9 heteroatoms. The van der Waals surface area contributed by atoms with E-state index in [0.717, 1.165) is 0 Å². The monoisotopic (exact) mass is 290 g/mol. The molecule has 5 N–H and O–H groups in total. The molecule has 9 nitrogen and oxygen atoms in total. The summed E-state index contributed by atoms with van der Waals surface area (Å²) in [7, 11) is 1.43. The van der Waals surface area contributed by atoms with Gasteiger partial charge in [0.2, 0.25) is 17.7 Å². The van der Waals surface area contributed by atoms with Gasteiger partial charge in [-0.25, -0.2) is 0 Å². The molecule has 0 saturated heterocycles. The van der Waals surface area contributed by atoms with Crippen molar-refractivity contribution in [1.29, 1.82) is 0 Å². The molecular formula is C12H14N6O3. The summed E-state index contributed by atoms with van der Waals surface area (Å²) in [4.78, 5) is 27.0. The zero-order valence-electron chi connectivity index (χ0n) is 11.2. The topological polar surface area (TPSA) is 135 Å². The van der Waals surface area contributed by atoms with Gasteiger partial charge in [0.1, 0.15) is 6.61 Å². The first-order valence-electron chi connectivity index (χ1n) is 5.96. The van der Waals surface area contributed by atoms with E-state index in [1.807, 2.05) is 0 Å². The summed E-state index contributed by atoms with van der Waals surface area (Å²) < 4.78 is 4.72. The number of H-pyrrole nitrogens is 1. The first kappa shape index (κ1) is 14.5. The third-order valence-electron chi connectivity index (χ3n) is 2.40. The number of benzene rings is 1. The first-order valence-corrected chi connectivity index (χ1v) is 5.96. The molecule has 0 radical (unpaired) electrons. The molecule has 1 heterocycles. The maximum atomic E-state index is 11.9. The lowest BCUT2D eigenvalue weighted by Crippen LogP contribution is -2.17. The fraction of sp³-hybridized carbons (Fsp3) is 0.167. The number of aromatic amines is 1. The molecule has 0 aliphatic heterocycles. The van der Waals surface area contributed by atoms with Crippen molar-refractivity contribution >= 4 is 29.1 Å². The highest BCUT2D eigenvalue weighted by atomic mass is 16.5. The van der Waals surface area contributed by atoms with Gasteiger partial charge in [-0.3, -0.25) is 14.7 Å². The number of nitrogens with two attached hydrogens (primary N) is 1. The number of rotatable bonds is 5. The van der Waals surface area contributed by atoms with Gasteiger partial charge in [-0.1, -0.05) is 6.07 Å². The van der Waals surface area contributed by atoms with Gasteiger partial charge in [-0.2, -0.15) is 4.98 Å². The molecule has 21 heavy (non-hydrogen) atoms. The van der Waals surface area contributed by atoms with Crippen LogP contribution in [0.5, 0.6) is 0 Å². The van der Waals surface area contributed by atoms with Crippen molar-refractivity contribution in [2.24, 2.45) is 0 Å². The summed E-state index contributed by atoms with van der Waals surface area (Å²) >= 11 is 0. The zero-order chi connectivity index (χ0) is 15.2. The summed E-state index contributed by atoms with van der Waals surface area (Å²) in [5, 5.41) is 11.2. The van der Waals surface area contributed by atoms with Crippen LogP contribution >= 0.6 is 0 Å². The Labute approximate surface area is 119 Å². The second kappa shape index (κ2) is 6.48. The van der Waals surface area contributed by atoms with Crippen LogP contribution in [-0.4, -0.2) is 40.7 Å². The van der Waals surface area contributed by atoms with Crippen molar-refractivity contribution in [2.45, 2.75) is 0 Å². The molecule has 0 unspecified atom stereocenters. The van der Waals surface area contributed by atoms with Crippen LogP contribution in [0, 0.1) is 0 Å². The predicted molar refractivity (Wildman–Crippen MR) is 75.7 cm³/mol. The van der Waals surface area contributed by atoms with E-state index in [1.165, 1.54) is 7.11 Å². The largest absolute Gasteiger partial charge is 0.375 e. The molecule has 2 aromatic rings. The molecule has 110 valence electrons. The van der Waals surface area contributed by atoms with Gasteiger partial charge in [-0.15, -0.1) is 5.10 Å². The normalized spacial score (nSPS) is 10.1. The molecule has 0 bridgehead atoms. The Morgan fingerprint density at radius 1 is 1.33 bits per heavy atom. The standard InChI is InChI=1S/C12H14N6O3/c1-21-6-9(19)14-7-3-2-4-8(5-7)15-11(20)10-16-12(13)18-17-10/h2-5H,6H2,1H3,(H,14,19)(H,15,20)(H3,13,16,17,18). The highest BCUT2D eigenvalue weighted by molar-refractivity contribution is 6.02. The summed E-state index contributed by atoms with van der Waals surface area (Å²) in [5.74, 6) is -0.786. The van der Waals surface area contributed by atoms with E-state index >= 15 is 0 Å². The van der Waals surface area contributed by atoms with Crippen molar-refractivity contribution in [3.8, 4) is 0 Å². The Morgan fingerprint density at radius 2 is 2.05 bits per heavy atom. The molecule has 2 amide bonds. The molecule has 0 spiro atoms. The molecule has 0 atom stereocenters. The molecule has 1 aromatic heterocycles. The van der Waals surface area contributed by atoms with Gasteiger partial charge in [0.25, 0.3) is 5.91 Å². The predicted octanol–water partition coefficient (Wildman–Crippen LogP) is 0.224. The lowest BCUT2D eigenvalue weighted by molar-refractivity contribution is -0.119. The van der Waals surface area contributed by atoms with E-state index in [0.29, 0.717) is 11.4 Å². The number of aromatic nitrogens is 3. The number of hydrogen-bond acceptors (Lipinski definition) is 6. The van der Waals surface area contributed by atoms with Crippen LogP contribution in [0.2, 0.25) is 0 Å². The molecule has 0 fully saturated rings. The van der Waals surface area contributed by atoms with Crippen molar-refractivity contribution < 1.29 is 14.3 Å². The van der Waals surface area contributed by atoms with Crippen LogP contribution in [0.1, 0.15) is 10.6 Å². The zero-order valence-corrected chi connectivity index (χ0v) is 11.2. The minimum atomic E-state index is -0.487. The summed E-state index contributed by atoms with van der Waals surface area (Å²) in [5.41, 5.74) is 6.35. The van der Waals surface area contributed by atoms with Crippen LogP contribution in [0.25, 0.3) is 0 Å². The quantitative estimate of drug-likeness (QED) is 0.622. The smallest absolute Gasteiger partial charge is 0.293 e. The van der Waals surface area contributed by atoms with Gasteiger partial charge in [0.05, 0.1) is 0 Å². The van der Waals surface area contributed by atoms with E-state index in [-0.39, 0.29) is 24.3 Å². The number of ether oxygens (including phenoxy) is 1. The summed E-state index contributed by atoms with van der Waals surface area (Å²) in [6.07, 6.45) is 0. The van der Waals surface area contributed by atoms with Gasteiger partial charge in [0.15, 0.2) is 0 Å². The Morgan fingerprint density at radius 3 is 2.67 bits per heavy atom. The van der Waals surface area contributed by atoms with Gasteiger partial charge in [-0.05, 0) is 18.2 Å². The van der Waals surface area contributed by atoms with Crippen molar-refractivity contribution in [3.05, 3.63) is 30.1 Å². The Hall–Kier alpha value is -2.94. The van der Waals surface area contributed by atoms with Crippen LogP contribution in [0.3, 0.4) is 0 Å². The second-order valence-electron chi connectivity index (χ2n) is 4.06. The average molecular weight is 290 g/mol. The minimum Gasteiger partial charge on any atom is -0.375 e. The van der Waals surface area contributed by atoms with Crippen LogP contribution in [0.4, 0.5) is 17.3 Å². The van der Waals surface area contributed by atoms with Crippen molar-refractivity contribution in [2.75, 3.05) is 30.1 Å². The molecule has 2 rings (SSSR count). The Bertz CT molecular complexity index is 654. The van der Waals surface area contributed by atoms with E-state index in [1.54, 1.807) is 24.3 Å². The SMILES string of the molecule is COCC(=O)Nc1cccc(NC(=O)c2nc(N)n[nH]2)c1. The highest BCUT2D eigenvalue weighted by Gasteiger charge is 2.11. The number of nitrogen functional groups attached to an aromatic ring is 1. The van der Waals surface area contributed by atoms with Crippen molar-refractivity contribution in [3.63, 3.8) is 0 Å². The minimum absolute atomic E-state index is 0.00122. The molecule has 0 saturated carbocycles. The number of amides is 2. The van der Waals surface area contributed by atoms with E-state index in [4.69, 9.17) is 10.5 Å². The number of carbonyl (C=O) groups excluding carboxylic acids is 2. The molecule has 0 aliphatic rings. The number of carbonyl (C=O) groups is 2. The lowest BCUT2D eigenvalue weighted by atomic mass is 10.2. The first-order chi connectivity index (χ1) is 10.1. The van der Waals surface area contributed by atoms with Gasteiger partial charge >= 0.3 is 0 Å². The maximum Gasteiger partial charge on any atom is 0.293 e. The highest BCUT2D eigenvalue weighted by Crippen LogP contribution is 2.15. The average Bonchev–Trinajstić information content (AvgIpc) is 2.86. The van der Waals surface area contributed by atoms with E-state index < -0.39 is 5.91 Å². The number of nitrogens with zero attached hydrogens (tertiary/aromatic N) is 2. The third kappa shape index (κ3) is 4.01. The van der Waals surface area contributed by atoms with E-state index in [9.17, 15) is 9.59 Å². The summed E-state index contributed by atoms with van der Waals surface area (Å²) in [6, 6.07) is 6.65. The number of hydrogen-bond donors (Lipinski definition) is 4. The Kier molecular flexibility index (Phi) is 4.46. The molecule has 0 aliphatic carbocycles. The number of nitrogens with one attached hydrogen (secondary N) is 3. The lowest BCUT2D eigenvalue weighted by Gasteiger charge is -2.07. The number of methoxy groups -OCH3 is 1.